The van der Waals surface area contributed by atoms with E-state index in [1.807, 2.05) is 76.2 Å². The zero-order valence-corrected chi connectivity index (χ0v) is 34.3. The Hall–Kier alpha value is -0.0925. The van der Waals surface area contributed by atoms with Gasteiger partial charge in [-0.2, -0.15) is 0 Å². The summed E-state index contributed by atoms with van der Waals surface area (Å²) >= 11 is 53.7. The molecule has 0 bridgehead atoms. The number of rotatable bonds is 4. The van der Waals surface area contributed by atoms with Crippen molar-refractivity contribution in [3.63, 3.8) is 0 Å². The molecule has 0 atom stereocenters. The summed E-state index contributed by atoms with van der Waals surface area (Å²) in [7, 11) is -11.7. The molecule has 4 aromatic rings. The van der Waals surface area contributed by atoms with Crippen LogP contribution >= 0.6 is 92.8 Å². The van der Waals surface area contributed by atoms with Crippen LogP contribution in [-0.4, -0.2) is 37.1 Å². The third-order valence-electron chi connectivity index (χ3n) is 7.23. The molecular weight excluding hydrogens is 796 g/mol. The standard InChI is InChI=1S/C28H24Cl8O4Si4/c1-13-5-9-17(25(33)21(13)29)41-37-42(18-10-6-14(2)22(30)26(18)34)39-44(20-12-8-16(4)24(32)28(20)36)40-43(38-41)19-11-7-15(3)23(31)27(19)35/h5-12,41-44H,1-4H3. The first-order chi connectivity index (χ1) is 20.8. The Bertz CT molecular complexity index is 1500. The van der Waals surface area contributed by atoms with E-state index in [2.05, 4.69) is 0 Å². The molecule has 1 saturated heterocycles. The average Bonchev–Trinajstić information content (AvgIpc) is 2.98. The number of benzene rings is 4. The second-order valence-electron chi connectivity index (χ2n) is 10.3. The molecule has 1 aliphatic rings. The van der Waals surface area contributed by atoms with Crippen molar-refractivity contribution in [3.05, 3.63) is 111 Å². The van der Waals surface area contributed by atoms with Gasteiger partial charge in [-0.3, -0.25) is 0 Å². The third-order valence-corrected chi connectivity index (χ3v) is 23.8. The topological polar surface area (TPSA) is 36.9 Å². The third kappa shape index (κ3) is 7.03. The lowest BCUT2D eigenvalue weighted by atomic mass is 10.2. The highest BCUT2D eigenvalue weighted by atomic mass is 35.5. The van der Waals surface area contributed by atoms with Gasteiger partial charge in [0.15, 0.2) is 0 Å². The van der Waals surface area contributed by atoms with E-state index in [-0.39, 0.29) is 0 Å². The van der Waals surface area contributed by atoms with E-state index in [0.717, 1.165) is 22.3 Å². The van der Waals surface area contributed by atoms with Gasteiger partial charge in [0, 0.05) is 20.7 Å². The smallest absolute Gasteiger partial charge is 0.339 e. The summed E-state index contributed by atoms with van der Waals surface area (Å²) in [6, 6.07) is 14.9. The van der Waals surface area contributed by atoms with Gasteiger partial charge in [-0.15, -0.1) is 0 Å². The first-order valence-corrected chi connectivity index (χ1v) is 22.3. The Labute approximate surface area is 303 Å². The van der Waals surface area contributed by atoms with E-state index < -0.39 is 37.1 Å². The van der Waals surface area contributed by atoms with Crippen molar-refractivity contribution in [1.29, 1.82) is 0 Å². The minimum Gasteiger partial charge on any atom is -0.413 e. The number of halogens is 8. The van der Waals surface area contributed by atoms with Gasteiger partial charge in [0.25, 0.3) is 0 Å². The first kappa shape index (κ1) is 35.2. The van der Waals surface area contributed by atoms with E-state index >= 15 is 0 Å². The molecule has 5 rings (SSSR count). The number of hydrogen-bond acceptors (Lipinski definition) is 4. The predicted molar refractivity (Wildman–Crippen MR) is 196 cm³/mol. The van der Waals surface area contributed by atoms with Crippen molar-refractivity contribution in [2.75, 3.05) is 0 Å². The molecule has 4 nitrogen and oxygen atoms in total. The average molecular weight is 820 g/mol. The van der Waals surface area contributed by atoms with Crippen LogP contribution in [0, 0.1) is 27.7 Å². The molecule has 1 fully saturated rings. The van der Waals surface area contributed by atoms with Crippen LogP contribution in [0.25, 0.3) is 0 Å². The molecule has 1 heterocycles. The Morgan fingerprint density at radius 2 is 0.500 bits per heavy atom. The van der Waals surface area contributed by atoms with Crippen LogP contribution in [0.5, 0.6) is 0 Å². The molecule has 0 unspecified atom stereocenters. The Morgan fingerprint density at radius 3 is 0.682 bits per heavy atom. The summed E-state index contributed by atoms with van der Waals surface area (Å²) < 4.78 is 27.6. The molecule has 0 spiro atoms. The van der Waals surface area contributed by atoms with E-state index in [1.165, 1.54) is 0 Å². The normalized spacial score (nSPS) is 20.8. The lowest BCUT2D eigenvalue weighted by Gasteiger charge is -2.36. The molecule has 0 aromatic heterocycles. The van der Waals surface area contributed by atoms with E-state index in [0.29, 0.717) is 60.9 Å². The summed E-state index contributed by atoms with van der Waals surface area (Å²) in [5, 5.41) is 5.51. The molecule has 0 saturated carbocycles. The van der Waals surface area contributed by atoms with Crippen molar-refractivity contribution in [1.82, 2.24) is 0 Å². The molecule has 16 heteroatoms. The fourth-order valence-corrected chi connectivity index (χ4v) is 21.5. The van der Waals surface area contributed by atoms with Gasteiger partial charge in [0.05, 0.1) is 40.2 Å². The molecule has 4 aromatic carbocycles. The second-order valence-corrected chi connectivity index (χ2v) is 22.8. The Balaban J connectivity index is 1.71. The zero-order valence-electron chi connectivity index (χ0n) is 23.6. The van der Waals surface area contributed by atoms with Gasteiger partial charge in [0.1, 0.15) is 0 Å². The van der Waals surface area contributed by atoms with Crippen LogP contribution in [0.3, 0.4) is 0 Å². The highest BCUT2D eigenvalue weighted by Gasteiger charge is 2.41. The molecule has 44 heavy (non-hydrogen) atoms. The minimum atomic E-state index is -2.93. The first-order valence-electron chi connectivity index (χ1n) is 13.2. The van der Waals surface area contributed by atoms with E-state index in [4.69, 9.17) is 109 Å². The lowest BCUT2D eigenvalue weighted by molar-refractivity contribution is 0.309. The van der Waals surface area contributed by atoms with E-state index in [1.54, 1.807) is 0 Å². The second kappa shape index (κ2) is 14.6. The quantitative estimate of drug-likeness (QED) is 0.207. The summed E-state index contributed by atoms with van der Waals surface area (Å²) in [6.07, 6.45) is 0. The van der Waals surface area contributed by atoms with Gasteiger partial charge in [-0.1, -0.05) is 141 Å². The fourth-order valence-electron chi connectivity index (χ4n) is 4.54. The van der Waals surface area contributed by atoms with Crippen LogP contribution in [0.4, 0.5) is 0 Å². The van der Waals surface area contributed by atoms with Crippen LogP contribution in [0.1, 0.15) is 22.3 Å². The van der Waals surface area contributed by atoms with Gasteiger partial charge in [0.2, 0.25) is 0 Å². The fraction of sp³-hybridized carbons (Fsp3) is 0.143. The monoisotopic (exact) mass is 816 g/mol. The van der Waals surface area contributed by atoms with Gasteiger partial charge in [-0.05, 0) is 49.9 Å². The molecule has 1 aliphatic heterocycles. The molecule has 0 N–H and O–H groups in total. The van der Waals surface area contributed by atoms with Crippen LogP contribution in [0.2, 0.25) is 40.2 Å². The van der Waals surface area contributed by atoms with Crippen molar-refractivity contribution >= 4 is 151 Å². The lowest BCUT2D eigenvalue weighted by Crippen LogP contribution is -2.61. The van der Waals surface area contributed by atoms with Crippen molar-refractivity contribution in [2.45, 2.75) is 27.7 Å². The highest BCUT2D eigenvalue weighted by molar-refractivity contribution is 6.89. The summed E-state index contributed by atoms with van der Waals surface area (Å²) in [6.45, 7) is 7.48. The minimum absolute atomic E-state index is 0.340. The van der Waals surface area contributed by atoms with Gasteiger partial charge >= 0.3 is 37.1 Å². The zero-order chi connectivity index (χ0) is 32.0. The molecule has 0 aliphatic carbocycles. The van der Waals surface area contributed by atoms with Crippen LogP contribution in [0.15, 0.2) is 48.5 Å². The highest BCUT2D eigenvalue weighted by Crippen LogP contribution is 2.30. The SMILES string of the molecule is Cc1ccc([SiH]2O[SiH](c3ccc(C)c(Cl)c3Cl)O[SiH](c3ccc(C)c(Cl)c3Cl)O[SiH](c3ccc(C)c(Cl)c3Cl)O2)c(Cl)c1Cl. The number of hydrogen-bond donors (Lipinski definition) is 0. The predicted octanol–water partition coefficient (Wildman–Crippen LogP) is 7.04. The van der Waals surface area contributed by atoms with Crippen LogP contribution in [-0.2, 0) is 16.5 Å². The van der Waals surface area contributed by atoms with E-state index in [9.17, 15) is 0 Å². The Kier molecular flexibility index (Phi) is 11.7. The summed E-state index contributed by atoms with van der Waals surface area (Å²) in [4.78, 5) is 0. The maximum atomic E-state index is 6.89. The van der Waals surface area contributed by atoms with Crippen molar-refractivity contribution in [2.24, 2.45) is 0 Å². The van der Waals surface area contributed by atoms with Gasteiger partial charge in [-0.25, -0.2) is 0 Å². The van der Waals surface area contributed by atoms with Crippen molar-refractivity contribution in [3.8, 4) is 0 Å². The largest absolute Gasteiger partial charge is 0.413 e. The summed E-state index contributed by atoms with van der Waals surface area (Å²) in [5.41, 5.74) is 3.26. The van der Waals surface area contributed by atoms with Crippen molar-refractivity contribution < 1.29 is 16.5 Å². The maximum absolute atomic E-state index is 6.89. The molecule has 232 valence electrons. The number of aryl methyl sites for hydroxylation is 4. The molecule has 0 amide bonds. The summed E-state index contributed by atoms with van der Waals surface area (Å²) in [5.74, 6) is 0. The maximum Gasteiger partial charge on any atom is 0.339 e. The Morgan fingerprint density at radius 1 is 0.318 bits per heavy atom. The van der Waals surface area contributed by atoms with Gasteiger partial charge < -0.3 is 16.5 Å². The molecular formula is C28H24Cl8O4Si4. The van der Waals surface area contributed by atoms with Crippen LogP contribution < -0.4 is 20.7 Å². The molecule has 0 radical (unpaired) electrons.